The fourth-order valence-electron chi connectivity index (χ4n) is 4.67. The van der Waals surface area contributed by atoms with Gasteiger partial charge in [-0.15, -0.1) is 0 Å². The van der Waals surface area contributed by atoms with Crippen LogP contribution in [-0.4, -0.2) is 75.6 Å². The van der Waals surface area contributed by atoms with E-state index in [1.54, 1.807) is 0 Å². The minimum absolute atomic E-state index is 0.0926. The molecule has 2 unspecified atom stereocenters. The Morgan fingerprint density at radius 3 is 1.57 bits per heavy atom. The number of carbonyl (C=O) groups excluding carboxylic acids is 1. The molecule has 0 aromatic rings. The summed E-state index contributed by atoms with van der Waals surface area (Å²) in [5.74, 6) is -0.315. The first-order chi connectivity index (χ1) is 20.1. The average molecular weight is 623 g/mol. The van der Waals surface area contributed by atoms with Crippen LogP contribution in [0.15, 0.2) is 0 Å². The molecule has 252 valence electrons. The van der Waals surface area contributed by atoms with Crippen molar-refractivity contribution in [3.8, 4) is 0 Å². The highest BCUT2D eigenvalue weighted by Gasteiger charge is 2.26. The van der Waals surface area contributed by atoms with E-state index in [1.165, 1.54) is 96.3 Å². The summed E-state index contributed by atoms with van der Waals surface area (Å²) in [6.07, 6.45) is 24.2. The van der Waals surface area contributed by atoms with Gasteiger partial charge in [0.05, 0.1) is 34.4 Å². The number of likely N-dealkylation sites (N-methyl/N-ethyl adjacent to an activating group) is 1. The zero-order chi connectivity index (χ0) is 31.4. The van der Waals surface area contributed by atoms with Gasteiger partial charge in [-0.1, -0.05) is 129 Å². The predicted octanol–water partition coefficient (Wildman–Crippen LogP) is 8.99. The number of carbonyl (C=O) groups is 1. The lowest BCUT2D eigenvalue weighted by Gasteiger charge is -2.24. The summed E-state index contributed by atoms with van der Waals surface area (Å²) >= 11 is 0. The van der Waals surface area contributed by atoms with Crippen molar-refractivity contribution in [1.29, 1.82) is 0 Å². The molecule has 0 bridgehead atoms. The van der Waals surface area contributed by atoms with Gasteiger partial charge in [-0.3, -0.25) is 13.8 Å². The SMILES string of the molecule is CCCCCCCCCCCCCCCCC(=O)OC(COCCCCCCCC)COP(=O)(O)OCC[N+](C)(C)C. The first kappa shape index (κ1) is 41.5. The third-order valence-corrected chi connectivity index (χ3v) is 8.40. The second-order valence-electron chi connectivity index (χ2n) is 12.9. The van der Waals surface area contributed by atoms with Gasteiger partial charge in [0.25, 0.3) is 0 Å². The number of esters is 1. The van der Waals surface area contributed by atoms with E-state index >= 15 is 0 Å². The van der Waals surface area contributed by atoms with Crippen LogP contribution in [0.3, 0.4) is 0 Å². The smallest absolute Gasteiger partial charge is 0.457 e. The van der Waals surface area contributed by atoms with Crippen LogP contribution in [0.1, 0.15) is 149 Å². The maximum absolute atomic E-state index is 12.5. The number of phosphoric acid groups is 1. The molecule has 0 heterocycles. The standard InChI is InChI=1S/C33H68NO7P/c1-6-8-10-12-14-15-16-17-18-19-20-21-22-24-26-33(35)41-32(30-38-28-25-23-13-11-9-7-2)31-40-42(36,37)39-29-27-34(3,4)5/h32H,6-31H2,1-5H3/p+1. The summed E-state index contributed by atoms with van der Waals surface area (Å²) in [5.41, 5.74) is 0. The molecule has 0 aromatic heterocycles. The van der Waals surface area contributed by atoms with Gasteiger partial charge in [-0.25, -0.2) is 4.57 Å². The summed E-state index contributed by atoms with van der Waals surface area (Å²) in [6, 6.07) is 0. The number of hydrogen-bond donors (Lipinski definition) is 1. The van der Waals surface area contributed by atoms with Crippen LogP contribution in [0.2, 0.25) is 0 Å². The zero-order valence-corrected chi connectivity index (χ0v) is 29.1. The van der Waals surface area contributed by atoms with E-state index in [0.717, 1.165) is 32.1 Å². The molecule has 0 aliphatic heterocycles. The highest BCUT2D eigenvalue weighted by Crippen LogP contribution is 2.43. The minimum Gasteiger partial charge on any atom is -0.457 e. The molecular formula is C33H69NO7P+. The van der Waals surface area contributed by atoms with Gasteiger partial charge in [0, 0.05) is 13.0 Å². The summed E-state index contributed by atoms with van der Waals surface area (Å²) in [5, 5.41) is 0. The Hall–Kier alpha value is -0.500. The van der Waals surface area contributed by atoms with E-state index in [2.05, 4.69) is 13.8 Å². The first-order valence-corrected chi connectivity index (χ1v) is 18.8. The van der Waals surface area contributed by atoms with Crippen molar-refractivity contribution >= 4 is 13.8 Å². The first-order valence-electron chi connectivity index (χ1n) is 17.3. The lowest BCUT2D eigenvalue weighted by atomic mass is 10.0. The Morgan fingerprint density at radius 2 is 1.10 bits per heavy atom. The van der Waals surface area contributed by atoms with Gasteiger partial charge in [0.2, 0.25) is 0 Å². The predicted molar refractivity (Wildman–Crippen MR) is 174 cm³/mol. The normalized spacial score (nSPS) is 14.1. The van der Waals surface area contributed by atoms with Crippen molar-refractivity contribution < 1.29 is 37.3 Å². The third-order valence-electron chi connectivity index (χ3n) is 7.42. The van der Waals surface area contributed by atoms with Gasteiger partial charge in [0.1, 0.15) is 19.3 Å². The molecule has 0 saturated heterocycles. The number of nitrogens with zero attached hydrogens (tertiary/aromatic N) is 1. The minimum atomic E-state index is -4.25. The van der Waals surface area contributed by atoms with Gasteiger partial charge in [-0.05, 0) is 12.8 Å². The van der Waals surface area contributed by atoms with Crippen LogP contribution >= 0.6 is 7.82 Å². The van der Waals surface area contributed by atoms with Crippen molar-refractivity contribution in [3.05, 3.63) is 0 Å². The Kier molecular flexibility index (Phi) is 27.7. The molecule has 0 amide bonds. The second-order valence-corrected chi connectivity index (χ2v) is 14.4. The quantitative estimate of drug-likeness (QED) is 0.0346. The van der Waals surface area contributed by atoms with E-state index in [1.807, 2.05) is 21.1 Å². The molecule has 0 saturated carbocycles. The van der Waals surface area contributed by atoms with E-state index in [9.17, 15) is 14.3 Å². The van der Waals surface area contributed by atoms with Crippen LogP contribution in [0.4, 0.5) is 0 Å². The van der Waals surface area contributed by atoms with Crippen molar-refractivity contribution in [1.82, 2.24) is 0 Å². The van der Waals surface area contributed by atoms with Gasteiger partial charge < -0.3 is 18.9 Å². The van der Waals surface area contributed by atoms with Crippen LogP contribution in [0.5, 0.6) is 0 Å². The molecule has 0 fully saturated rings. The van der Waals surface area contributed by atoms with E-state index in [0.29, 0.717) is 24.1 Å². The maximum Gasteiger partial charge on any atom is 0.472 e. The van der Waals surface area contributed by atoms with E-state index < -0.39 is 13.9 Å². The number of hydrogen-bond acceptors (Lipinski definition) is 6. The topological polar surface area (TPSA) is 91.3 Å². The van der Waals surface area contributed by atoms with E-state index in [4.69, 9.17) is 18.5 Å². The van der Waals surface area contributed by atoms with Crippen LogP contribution in [0.25, 0.3) is 0 Å². The highest BCUT2D eigenvalue weighted by molar-refractivity contribution is 7.47. The van der Waals surface area contributed by atoms with Crippen molar-refractivity contribution in [2.75, 3.05) is 54.1 Å². The largest absolute Gasteiger partial charge is 0.472 e. The van der Waals surface area contributed by atoms with E-state index in [-0.39, 0.29) is 25.8 Å². The fraction of sp³-hybridized carbons (Fsp3) is 0.970. The Balaban J connectivity index is 4.23. The molecule has 0 spiro atoms. The molecule has 0 aromatic carbocycles. The molecule has 0 aliphatic rings. The highest BCUT2D eigenvalue weighted by atomic mass is 31.2. The Morgan fingerprint density at radius 1 is 0.643 bits per heavy atom. The summed E-state index contributed by atoms with van der Waals surface area (Å²) in [6.45, 7) is 5.58. The number of unbranched alkanes of at least 4 members (excludes halogenated alkanes) is 18. The molecule has 2 atom stereocenters. The number of rotatable bonds is 32. The monoisotopic (exact) mass is 622 g/mol. The molecule has 42 heavy (non-hydrogen) atoms. The van der Waals surface area contributed by atoms with Crippen LogP contribution in [-0.2, 0) is 27.9 Å². The number of quaternary nitrogens is 1. The summed E-state index contributed by atoms with van der Waals surface area (Å²) < 4.78 is 34.6. The zero-order valence-electron chi connectivity index (χ0n) is 28.3. The van der Waals surface area contributed by atoms with Crippen molar-refractivity contribution in [3.63, 3.8) is 0 Å². The van der Waals surface area contributed by atoms with Crippen LogP contribution in [0, 0.1) is 0 Å². The van der Waals surface area contributed by atoms with Crippen molar-refractivity contribution in [2.45, 2.75) is 155 Å². The number of ether oxygens (including phenoxy) is 2. The lowest BCUT2D eigenvalue weighted by Crippen LogP contribution is -2.37. The molecule has 8 nitrogen and oxygen atoms in total. The van der Waals surface area contributed by atoms with Gasteiger partial charge in [-0.2, -0.15) is 0 Å². The van der Waals surface area contributed by atoms with Gasteiger partial charge in [0.15, 0.2) is 0 Å². The average Bonchev–Trinajstić information content (AvgIpc) is 2.92. The molecule has 9 heteroatoms. The summed E-state index contributed by atoms with van der Waals surface area (Å²) in [7, 11) is 1.67. The molecular weight excluding hydrogens is 553 g/mol. The Bertz CT molecular complexity index is 657. The molecule has 0 radical (unpaired) electrons. The second kappa shape index (κ2) is 28.0. The third kappa shape index (κ3) is 30.9. The lowest BCUT2D eigenvalue weighted by molar-refractivity contribution is -0.870. The molecule has 0 aliphatic carbocycles. The fourth-order valence-corrected chi connectivity index (χ4v) is 5.41. The van der Waals surface area contributed by atoms with Crippen LogP contribution < -0.4 is 0 Å². The maximum atomic E-state index is 12.5. The summed E-state index contributed by atoms with van der Waals surface area (Å²) in [4.78, 5) is 22.6. The molecule has 1 N–H and O–H groups in total. The number of phosphoric ester groups is 1. The molecule has 0 rings (SSSR count). The van der Waals surface area contributed by atoms with Crippen molar-refractivity contribution in [2.24, 2.45) is 0 Å². The van der Waals surface area contributed by atoms with Gasteiger partial charge >= 0.3 is 13.8 Å². The Labute approximate surface area is 259 Å².